The molecule has 2 aliphatic rings. The van der Waals surface area contributed by atoms with Crippen molar-refractivity contribution in [1.29, 1.82) is 0 Å². The number of urea groups is 1. The van der Waals surface area contributed by atoms with Gasteiger partial charge < -0.3 is 29.1 Å². The van der Waals surface area contributed by atoms with E-state index in [0.717, 1.165) is 12.1 Å². The van der Waals surface area contributed by atoms with Crippen molar-refractivity contribution in [2.45, 2.75) is 31.7 Å². The number of benzene rings is 1. The van der Waals surface area contributed by atoms with Gasteiger partial charge in [0.05, 0.1) is 18.8 Å². The fourth-order valence-corrected chi connectivity index (χ4v) is 4.01. The summed E-state index contributed by atoms with van der Waals surface area (Å²) in [4.78, 5) is 28.6. The summed E-state index contributed by atoms with van der Waals surface area (Å²) in [6.45, 7) is 3.71. The van der Waals surface area contributed by atoms with Crippen molar-refractivity contribution in [2.75, 3.05) is 38.1 Å². The summed E-state index contributed by atoms with van der Waals surface area (Å²) in [5.74, 6) is -0.00964. The van der Waals surface area contributed by atoms with Crippen LogP contribution in [0, 0.1) is 6.92 Å². The number of anilines is 1. The molecule has 0 radical (unpaired) electrons. The highest BCUT2D eigenvalue weighted by molar-refractivity contribution is 5.92. The Morgan fingerprint density at radius 3 is 2.42 bits per heavy atom. The standard InChI is InChI=1S/C21H23F3N4O5/c1-14-12-17(26-33-14)18(29)27-8-6-20(7-9-27)13-28(10-11-31-20)19(30)25-15-2-4-16(5-3-15)32-21(22,23)24/h2-5,12H,6-11,13H2,1H3,(H,25,30). The SMILES string of the molecule is Cc1cc(C(=O)N2CCC3(CC2)CN(C(=O)Nc2ccc(OC(F)(F)F)cc2)CCO3)no1. The number of aromatic nitrogens is 1. The maximum atomic E-state index is 12.7. The predicted molar refractivity (Wildman–Crippen MR) is 109 cm³/mol. The number of hydrogen-bond donors (Lipinski definition) is 1. The van der Waals surface area contributed by atoms with Gasteiger partial charge in [-0.3, -0.25) is 4.79 Å². The van der Waals surface area contributed by atoms with E-state index in [4.69, 9.17) is 9.26 Å². The van der Waals surface area contributed by atoms with Crippen molar-refractivity contribution in [3.05, 3.63) is 41.8 Å². The molecule has 4 rings (SSSR count). The average Bonchev–Trinajstić information content (AvgIpc) is 3.20. The van der Waals surface area contributed by atoms with Crippen LogP contribution >= 0.6 is 0 Å². The number of amides is 3. The highest BCUT2D eigenvalue weighted by atomic mass is 19.4. The summed E-state index contributed by atoms with van der Waals surface area (Å²) in [7, 11) is 0. The van der Waals surface area contributed by atoms with E-state index in [2.05, 4.69) is 15.2 Å². The van der Waals surface area contributed by atoms with Crippen molar-refractivity contribution < 1.29 is 36.8 Å². The monoisotopic (exact) mass is 468 g/mol. The van der Waals surface area contributed by atoms with Crippen LogP contribution in [-0.2, 0) is 4.74 Å². The summed E-state index contributed by atoms with van der Waals surface area (Å²) in [6.07, 6.45) is -3.66. The Morgan fingerprint density at radius 2 is 1.82 bits per heavy atom. The van der Waals surface area contributed by atoms with Gasteiger partial charge in [0, 0.05) is 31.4 Å². The molecule has 0 aliphatic carbocycles. The van der Waals surface area contributed by atoms with Gasteiger partial charge in [0.25, 0.3) is 5.91 Å². The number of ether oxygens (including phenoxy) is 2. The minimum Gasteiger partial charge on any atom is -0.406 e. The number of hydrogen-bond acceptors (Lipinski definition) is 6. The Labute approximate surface area is 187 Å². The zero-order valence-electron chi connectivity index (χ0n) is 17.9. The molecule has 1 spiro atoms. The second-order valence-electron chi connectivity index (χ2n) is 8.07. The molecule has 0 saturated carbocycles. The minimum absolute atomic E-state index is 0.204. The number of aryl methyl sites for hydroxylation is 1. The number of halogens is 3. The van der Waals surface area contributed by atoms with Crippen molar-refractivity contribution in [2.24, 2.45) is 0 Å². The lowest BCUT2D eigenvalue weighted by atomic mass is 9.89. The fourth-order valence-electron chi connectivity index (χ4n) is 4.01. The quantitative estimate of drug-likeness (QED) is 0.742. The molecule has 1 aromatic heterocycles. The average molecular weight is 468 g/mol. The molecule has 2 saturated heterocycles. The van der Waals surface area contributed by atoms with Gasteiger partial charge in [-0.1, -0.05) is 5.16 Å². The molecule has 0 atom stereocenters. The Hall–Kier alpha value is -3.28. The summed E-state index contributed by atoms with van der Waals surface area (Å²) >= 11 is 0. The number of morpholine rings is 1. The van der Waals surface area contributed by atoms with Gasteiger partial charge in [-0.2, -0.15) is 0 Å². The number of alkyl halides is 3. The molecule has 3 heterocycles. The zero-order valence-corrected chi connectivity index (χ0v) is 17.9. The third-order valence-electron chi connectivity index (χ3n) is 5.68. The van der Waals surface area contributed by atoms with Crippen LogP contribution in [-0.4, -0.2) is 71.6 Å². The maximum Gasteiger partial charge on any atom is 0.573 e. The topological polar surface area (TPSA) is 97.1 Å². The van der Waals surface area contributed by atoms with Crippen LogP contribution in [0.3, 0.4) is 0 Å². The lowest BCUT2D eigenvalue weighted by Gasteiger charge is -2.47. The Bertz CT molecular complexity index is 1000. The van der Waals surface area contributed by atoms with E-state index in [9.17, 15) is 22.8 Å². The van der Waals surface area contributed by atoms with E-state index in [1.807, 2.05) is 0 Å². The minimum atomic E-state index is -4.78. The Balaban J connectivity index is 1.32. The molecule has 12 heteroatoms. The summed E-state index contributed by atoms with van der Waals surface area (Å²) < 4.78 is 51.7. The molecule has 9 nitrogen and oxygen atoms in total. The second kappa shape index (κ2) is 8.93. The van der Waals surface area contributed by atoms with Crippen molar-refractivity contribution in [1.82, 2.24) is 15.0 Å². The molecule has 2 aromatic rings. The highest BCUT2D eigenvalue weighted by Gasteiger charge is 2.42. The largest absolute Gasteiger partial charge is 0.573 e. The Morgan fingerprint density at radius 1 is 1.12 bits per heavy atom. The number of carbonyl (C=O) groups is 2. The summed E-state index contributed by atoms with van der Waals surface area (Å²) in [5.41, 5.74) is 0.0512. The van der Waals surface area contributed by atoms with Crippen molar-refractivity contribution in [3.8, 4) is 5.75 Å². The molecule has 1 aromatic carbocycles. The zero-order chi connectivity index (χ0) is 23.6. The van der Waals surface area contributed by atoms with Gasteiger partial charge in [-0.15, -0.1) is 13.2 Å². The number of piperidine rings is 1. The van der Waals surface area contributed by atoms with Gasteiger partial charge in [0.2, 0.25) is 0 Å². The summed E-state index contributed by atoms with van der Waals surface area (Å²) in [5, 5.41) is 6.46. The first-order chi connectivity index (χ1) is 15.6. The fraction of sp³-hybridized carbons (Fsp3) is 0.476. The van der Waals surface area contributed by atoms with Crippen molar-refractivity contribution >= 4 is 17.6 Å². The van der Waals surface area contributed by atoms with E-state index in [-0.39, 0.29) is 23.4 Å². The third-order valence-corrected chi connectivity index (χ3v) is 5.68. The smallest absolute Gasteiger partial charge is 0.406 e. The number of carbonyl (C=O) groups excluding carboxylic acids is 2. The molecule has 2 aliphatic heterocycles. The van der Waals surface area contributed by atoms with Crippen LogP contribution in [0.1, 0.15) is 29.1 Å². The van der Waals surface area contributed by atoms with E-state index < -0.39 is 12.0 Å². The normalized spacial score (nSPS) is 18.3. The third kappa shape index (κ3) is 5.56. The molecule has 3 amide bonds. The molecular formula is C21H23F3N4O5. The van der Waals surface area contributed by atoms with Crippen LogP contribution in [0.25, 0.3) is 0 Å². The van der Waals surface area contributed by atoms with Crippen LogP contribution in [0.4, 0.5) is 23.7 Å². The molecular weight excluding hydrogens is 445 g/mol. The van der Waals surface area contributed by atoms with Gasteiger partial charge in [-0.25, -0.2) is 4.79 Å². The Kier molecular flexibility index (Phi) is 6.19. The second-order valence-corrected chi connectivity index (χ2v) is 8.07. The molecule has 2 fully saturated rings. The van der Waals surface area contributed by atoms with E-state index in [1.165, 1.54) is 12.1 Å². The van der Waals surface area contributed by atoms with Crippen LogP contribution in [0.15, 0.2) is 34.9 Å². The van der Waals surface area contributed by atoms with Crippen molar-refractivity contribution in [3.63, 3.8) is 0 Å². The number of likely N-dealkylation sites (tertiary alicyclic amines) is 1. The number of nitrogens with zero attached hydrogens (tertiary/aromatic N) is 3. The lowest BCUT2D eigenvalue weighted by Crippen LogP contribution is -2.59. The van der Waals surface area contributed by atoms with Gasteiger partial charge in [0.1, 0.15) is 11.5 Å². The van der Waals surface area contributed by atoms with Crippen LogP contribution < -0.4 is 10.1 Å². The van der Waals surface area contributed by atoms with E-state index in [0.29, 0.717) is 57.1 Å². The first kappa shape index (κ1) is 22.9. The maximum absolute atomic E-state index is 12.7. The van der Waals surface area contributed by atoms with Crippen LogP contribution in [0.5, 0.6) is 5.75 Å². The number of nitrogens with one attached hydrogen (secondary N) is 1. The number of rotatable bonds is 3. The molecule has 0 bridgehead atoms. The van der Waals surface area contributed by atoms with Gasteiger partial charge >= 0.3 is 12.4 Å². The van der Waals surface area contributed by atoms with Gasteiger partial charge in [0.15, 0.2) is 5.69 Å². The van der Waals surface area contributed by atoms with Gasteiger partial charge in [-0.05, 0) is 44.0 Å². The molecule has 178 valence electrons. The lowest BCUT2D eigenvalue weighted by molar-refractivity contribution is -0.274. The molecule has 33 heavy (non-hydrogen) atoms. The predicted octanol–water partition coefficient (Wildman–Crippen LogP) is 3.42. The molecule has 0 unspecified atom stereocenters. The first-order valence-electron chi connectivity index (χ1n) is 10.4. The van der Waals surface area contributed by atoms with E-state index in [1.54, 1.807) is 22.8 Å². The molecule has 1 N–H and O–H groups in total. The summed E-state index contributed by atoms with van der Waals surface area (Å²) in [6, 6.07) is 6.16. The van der Waals surface area contributed by atoms with Crippen LogP contribution in [0.2, 0.25) is 0 Å². The van der Waals surface area contributed by atoms with E-state index >= 15 is 0 Å². The first-order valence-corrected chi connectivity index (χ1v) is 10.4. The highest BCUT2D eigenvalue weighted by Crippen LogP contribution is 2.31.